The lowest BCUT2D eigenvalue weighted by Crippen LogP contribution is -2.29. The van der Waals surface area contributed by atoms with E-state index in [-0.39, 0.29) is 34.1 Å². The van der Waals surface area contributed by atoms with Crippen molar-refractivity contribution in [1.29, 1.82) is 0 Å². The molecule has 2 aliphatic rings. The maximum absolute atomic E-state index is 13.6. The van der Waals surface area contributed by atoms with Gasteiger partial charge in [0.1, 0.15) is 17.6 Å². The Kier molecular flexibility index (Phi) is 6.20. The van der Waals surface area contributed by atoms with Crippen LogP contribution in [-0.4, -0.2) is 39.6 Å². The summed E-state index contributed by atoms with van der Waals surface area (Å²) < 4.78 is 12.1. The number of benzene rings is 3. The van der Waals surface area contributed by atoms with Crippen molar-refractivity contribution >= 4 is 55.7 Å². The molecule has 39 heavy (non-hydrogen) atoms. The van der Waals surface area contributed by atoms with E-state index < -0.39 is 17.7 Å². The molecule has 1 saturated heterocycles. The molecule has 1 amide bonds. The molecule has 10 heteroatoms. The third-order valence-corrected chi connectivity index (χ3v) is 8.01. The summed E-state index contributed by atoms with van der Waals surface area (Å²) in [7, 11) is 0. The third kappa shape index (κ3) is 4.27. The second kappa shape index (κ2) is 9.59. The molecule has 2 aliphatic heterocycles. The Morgan fingerprint density at radius 2 is 2.00 bits per heavy atom. The predicted octanol–water partition coefficient (Wildman–Crippen LogP) is 6.00. The van der Waals surface area contributed by atoms with Gasteiger partial charge in [0, 0.05) is 17.0 Å². The number of fused-ring (bicyclic) bond motifs is 2. The fraction of sp³-hybridized carbons (Fsp3) is 0.207. The Balaban J connectivity index is 1.55. The smallest absolute Gasteiger partial charge is 0.301 e. The Hall–Kier alpha value is -4.08. The van der Waals surface area contributed by atoms with E-state index >= 15 is 0 Å². The first-order valence-corrected chi connectivity index (χ1v) is 13.6. The van der Waals surface area contributed by atoms with Crippen LogP contribution in [0.3, 0.4) is 0 Å². The highest BCUT2D eigenvalue weighted by Crippen LogP contribution is 2.46. The average molecular weight is 563 g/mol. The van der Waals surface area contributed by atoms with Crippen LogP contribution in [0.15, 0.2) is 60.2 Å². The van der Waals surface area contributed by atoms with Gasteiger partial charge in [-0.15, -0.1) is 0 Å². The minimum atomic E-state index is -1.02. The number of halogens is 1. The van der Waals surface area contributed by atoms with Gasteiger partial charge in [-0.1, -0.05) is 29.0 Å². The second-order valence-corrected chi connectivity index (χ2v) is 10.8. The number of thiazole rings is 1. The zero-order chi connectivity index (χ0) is 27.4. The van der Waals surface area contributed by atoms with Crippen molar-refractivity contribution in [3.63, 3.8) is 0 Å². The number of aromatic hydroxyl groups is 1. The monoisotopic (exact) mass is 562 g/mol. The Labute approximate surface area is 232 Å². The molecule has 8 nitrogen and oxygen atoms in total. The van der Waals surface area contributed by atoms with Crippen LogP contribution < -0.4 is 14.4 Å². The molecule has 0 bridgehead atoms. The summed E-state index contributed by atoms with van der Waals surface area (Å²) in [6.07, 6.45) is 0.669. The SMILES string of the molecule is CCOc1cc(C2C(=C(O)c3ccc4c(c3)CC(C)O4)C(=O)C(=O)N2c2nc3ccc(Cl)cc3s2)ccc1O. The lowest BCUT2D eigenvalue weighted by atomic mass is 9.94. The molecule has 2 atom stereocenters. The van der Waals surface area contributed by atoms with Gasteiger partial charge in [0.25, 0.3) is 5.78 Å². The normalized spacial score (nSPS) is 19.9. The van der Waals surface area contributed by atoms with E-state index in [0.29, 0.717) is 34.7 Å². The predicted molar refractivity (Wildman–Crippen MR) is 149 cm³/mol. The van der Waals surface area contributed by atoms with Gasteiger partial charge in [-0.25, -0.2) is 4.98 Å². The summed E-state index contributed by atoms with van der Waals surface area (Å²) in [5.74, 6) is -1.13. The van der Waals surface area contributed by atoms with Crippen molar-refractivity contribution < 1.29 is 29.3 Å². The zero-order valence-electron chi connectivity index (χ0n) is 21.0. The maximum Gasteiger partial charge on any atom is 0.301 e. The number of phenolic OH excluding ortho intramolecular Hbond substituents is 1. The van der Waals surface area contributed by atoms with E-state index in [4.69, 9.17) is 21.1 Å². The van der Waals surface area contributed by atoms with Gasteiger partial charge in [0.05, 0.1) is 28.4 Å². The van der Waals surface area contributed by atoms with Crippen LogP contribution in [0.5, 0.6) is 17.2 Å². The number of carbonyl (C=O) groups is 2. The number of aliphatic hydroxyl groups excluding tert-OH is 1. The van der Waals surface area contributed by atoms with Gasteiger partial charge in [-0.05, 0) is 73.5 Å². The molecule has 2 N–H and O–H groups in total. The average Bonchev–Trinajstić information content (AvgIpc) is 3.57. The fourth-order valence-corrected chi connectivity index (χ4v) is 6.30. The molecule has 2 unspecified atom stereocenters. The summed E-state index contributed by atoms with van der Waals surface area (Å²) in [6, 6.07) is 14.0. The number of hydrogen-bond acceptors (Lipinski definition) is 8. The number of ketones is 1. The van der Waals surface area contributed by atoms with Crippen LogP contribution in [-0.2, 0) is 16.0 Å². The number of aromatic nitrogens is 1. The molecule has 0 saturated carbocycles. The molecular formula is C29H23ClN2O6S. The van der Waals surface area contributed by atoms with E-state index in [9.17, 15) is 19.8 Å². The molecule has 0 aliphatic carbocycles. The van der Waals surface area contributed by atoms with Crippen molar-refractivity contribution in [3.8, 4) is 17.2 Å². The highest BCUT2D eigenvalue weighted by atomic mass is 35.5. The molecule has 0 radical (unpaired) electrons. The van der Waals surface area contributed by atoms with Crippen molar-refractivity contribution in [2.24, 2.45) is 0 Å². The number of aliphatic hydroxyl groups is 1. The zero-order valence-corrected chi connectivity index (χ0v) is 22.5. The molecule has 1 fully saturated rings. The van der Waals surface area contributed by atoms with E-state index in [1.807, 2.05) is 6.92 Å². The molecular weight excluding hydrogens is 540 g/mol. The number of hydrogen-bond donors (Lipinski definition) is 2. The van der Waals surface area contributed by atoms with E-state index in [0.717, 1.165) is 16.0 Å². The summed E-state index contributed by atoms with van der Waals surface area (Å²) >= 11 is 7.38. The number of ether oxygens (including phenoxy) is 2. The Morgan fingerprint density at radius 1 is 1.18 bits per heavy atom. The van der Waals surface area contributed by atoms with Crippen LogP contribution >= 0.6 is 22.9 Å². The Morgan fingerprint density at radius 3 is 2.79 bits per heavy atom. The lowest BCUT2D eigenvalue weighted by Gasteiger charge is -2.23. The standard InChI is InChI=1S/C29H23ClN2O6S/c1-3-37-22-12-15(4-8-20(22)33)25-24(26(34)16-5-9-21-17(11-16)10-14(2)38-21)27(35)28(36)32(25)29-31-19-7-6-18(30)13-23(19)39-29/h4-9,11-14,25,33-34H,3,10H2,1-2H3. The highest BCUT2D eigenvalue weighted by Gasteiger charge is 2.48. The van der Waals surface area contributed by atoms with E-state index in [1.54, 1.807) is 55.5 Å². The number of nitrogens with zero attached hydrogens (tertiary/aromatic N) is 2. The van der Waals surface area contributed by atoms with Gasteiger partial charge in [-0.2, -0.15) is 0 Å². The highest BCUT2D eigenvalue weighted by molar-refractivity contribution is 7.22. The van der Waals surface area contributed by atoms with Crippen LogP contribution in [0.25, 0.3) is 16.0 Å². The number of phenols is 1. The number of carbonyl (C=O) groups excluding carboxylic acids is 2. The number of Topliss-reactive ketones (excluding diaryl/α,β-unsaturated/α-hetero) is 1. The first-order valence-electron chi connectivity index (χ1n) is 12.4. The molecule has 198 valence electrons. The van der Waals surface area contributed by atoms with Crippen LogP contribution in [0.4, 0.5) is 5.13 Å². The van der Waals surface area contributed by atoms with Crippen molar-refractivity contribution in [1.82, 2.24) is 4.98 Å². The molecule has 3 aromatic carbocycles. The Bertz CT molecular complexity index is 1700. The molecule has 3 heterocycles. The van der Waals surface area contributed by atoms with Gasteiger partial charge >= 0.3 is 5.91 Å². The first kappa shape index (κ1) is 25.2. The number of amides is 1. The van der Waals surface area contributed by atoms with Crippen molar-refractivity contribution in [3.05, 3.63) is 81.9 Å². The van der Waals surface area contributed by atoms with Crippen LogP contribution in [0, 0.1) is 0 Å². The lowest BCUT2D eigenvalue weighted by molar-refractivity contribution is -0.132. The van der Waals surface area contributed by atoms with Crippen molar-refractivity contribution in [2.45, 2.75) is 32.4 Å². The fourth-order valence-electron chi connectivity index (χ4n) is 5.03. The number of anilines is 1. The summed E-state index contributed by atoms with van der Waals surface area (Å²) in [6.45, 7) is 4.03. The molecule has 1 aromatic heterocycles. The molecule has 4 aromatic rings. The third-order valence-electron chi connectivity index (χ3n) is 6.76. The molecule has 6 rings (SSSR count). The minimum absolute atomic E-state index is 0.00416. The van der Waals surface area contributed by atoms with Crippen LogP contribution in [0.1, 0.15) is 36.6 Å². The quantitative estimate of drug-likeness (QED) is 0.174. The van der Waals surface area contributed by atoms with Crippen LogP contribution in [0.2, 0.25) is 5.02 Å². The van der Waals surface area contributed by atoms with Gasteiger partial charge in [-0.3, -0.25) is 14.5 Å². The summed E-state index contributed by atoms with van der Waals surface area (Å²) in [5.41, 5.74) is 2.30. The maximum atomic E-state index is 13.6. The largest absolute Gasteiger partial charge is 0.507 e. The first-order chi connectivity index (χ1) is 18.7. The summed E-state index contributed by atoms with van der Waals surface area (Å²) in [5, 5.41) is 22.6. The topological polar surface area (TPSA) is 109 Å². The second-order valence-electron chi connectivity index (χ2n) is 9.39. The van der Waals surface area contributed by atoms with Crippen molar-refractivity contribution in [2.75, 3.05) is 11.5 Å². The number of rotatable bonds is 5. The van der Waals surface area contributed by atoms with Gasteiger partial charge < -0.3 is 19.7 Å². The van der Waals surface area contributed by atoms with E-state index in [2.05, 4.69) is 4.98 Å². The van der Waals surface area contributed by atoms with Gasteiger partial charge in [0.2, 0.25) is 0 Å². The van der Waals surface area contributed by atoms with Gasteiger partial charge in [0.15, 0.2) is 16.6 Å². The van der Waals surface area contributed by atoms with E-state index in [1.165, 1.54) is 22.3 Å². The summed E-state index contributed by atoms with van der Waals surface area (Å²) in [4.78, 5) is 33.0. The molecule has 0 spiro atoms. The minimum Gasteiger partial charge on any atom is -0.507 e.